The van der Waals surface area contributed by atoms with Gasteiger partial charge < -0.3 is 19.5 Å². The molecule has 0 spiro atoms. The zero-order valence-corrected chi connectivity index (χ0v) is 15.5. The number of nitrogens with zero attached hydrogens (tertiary/aromatic N) is 1. The minimum absolute atomic E-state index is 0.332. The summed E-state index contributed by atoms with van der Waals surface area (Å²) in [4.78, 5) is 26.5. The lowest BCUT2D eigenvalue weighted by atomic mass is 9.92. The molecule has 0 saturated heterocycles. The number of rotatable bonds is 6. The van der Waals surface area contributed by atoms with E-state index in [1.165, 1.54) is 4.90 Å². The standard InChI is InChI=1S/C21H23NO5/c1-3-26-17-10-9-15(13-18(17)27-4-2)20(23)22-12-11-14-7-5-6-8-16(14)19(22)21(24)25/h5-10,13,19H,3-4,11-12H2,1-2H3,(H,24,25). The number of carboxylic acid groups (broad SMARTS) is 1. The molecular weight excluding hydrogens is 346 g/mol. The van der Waals surface area contributed by atoms with E-state index in [9.17, 15) is 14.7 Å². The van der Waals surface area contributed by atoms with Gasteiger partial charge in [0.2, 0.25) is 0 Å². The molecule has 0 bridgehead atoms. The van der Waals surface area contributed by atoms with Crippen molar-refractivity contribution in [2.24, 2.45) is 0 Å². The predicted molar refractivity (Wildman–Crippen MR) is 100 cm³/mol. The first kappa shape index (κ1) is 18.8. The highest BCUT2D eigenvalue weighted by atomic mass is 16.5. The van der Waals surface area contributed by atoms with Gasteiger partial charge in [-0.15, -0.1) is 0 Å². The zero-order valence-electron chi connectivity index (χ0n) is 15.5. The third-order valence-corrected chi connectivity index (χ3v) is 4.57. The summed E-state index contributed by atoms with van der Waals surface area (Å²) in [6, 6.07) is 11.3. The lowest BCUT2D eigenvalue weighted by Gasteiger charge is -2.35. The third kappa shape index (κ3) is 3.74. The van der Waals surface area contributed by atoms with Crippen molar-refractivity contribution in [1.82, 2.24) is 4.90 Å². The minimum Gasteiger partial charge on any atom is -0.490 e. The third-order valence-electron chi connectivity index (χ3n) is 4.57. The lowest BCUT2D eigenvalue weighted by Crippen LogP contribution is -2.43. The van der Waals surface area contributed by atoms with Crippen LogP contribution in [0.25, 0.3) is 0 Å². The van der Waals surface area contributed by atoms with Crippen molar-refractivity contribution in [3.63, 3.8) is 0 Å². The molecule has 142 valence electrons. The molecule has 1 amide bonds. The Balaban J connectivity index is 1.95. The number of hydrogen-bond acceptors (Lipinski definition) is 4. The van der Waals surface area contributed by atoms with Gasteiger partial charge in [-0.3, -0.25) is 4.79 Å². The van der Waals surface area contributed by atoms with Gasteiger partial charge in [-0.25, -0.2) is 4.79 Å². The molecule has 1 unspecified atom stereocenters. The maximum atomic E-state index is 13.1. The van der Waals surface area contributed by atoms with Crippen LogP contribution in [0.3, 0.4) is 0 Å². The van der Waals surface area contributed by atoms with Gasteiger partial charge in [-0.2, -0.15) is 0 Å². The minimum atomic E-state index is -1.04. The van der Waals surface area contributed by atoms with Crippen LogP contribution in [-0.2, 0) is 11.2 Å². The Kier molecular flexibility index (Phi) is 5.64. The highest BCUT2D eigenvalue weighted by molar-refractivity contribution is 5.97. The molecule has 1 heterocycles. The van der Waals surface area contributed by atoms with Crippen LogP contribution in [0.1, 0.15) is 41.4 Å². The molecule has 0 radical (unpaired) electrons. The van der Waals surface area contributed by atoms with E-state index in [2.05, 4.69) is 0 Å². The molecule has 1 atom stereocenters. The van der Waals surface area contributed by atoms with Gasteiger partial charge in [0.25, 0.3) is 5.91 Å². The molecule has 2 aromatic rings. The Morgan fingerprint density at radius 2 is 1.78 bits per heavy atom. The molecule has 3 rings (SSSR count). The number of carbonyl (C=O) groups excluding carboxylic acids is 1. The summed E-state index contributed by atoms with van der Waals surface area (Å²) in [5, 5.41) is 9.77. The zero-order chi connectivity index (χ0) is 19.4. The van der Waals surface area contributed by atoms with Crippen molar-refractivity contribution >= 4 is 11.9 Å². The molecular formula is C21H23NO5. The summed E-state index contributed by atoms with van der Waals surface area (Å²) in [7, 11) is 0. The molecule has 2 aromatic carbocycles. The van der Waals surface area contributed by atoms with Gasteiger partial charge in [-0.1, -0.05) is 24.3 Å². The van der Waals surface area contributed by atoms with Crippen LogP contribution in [-0.4, -0.2) is 41.6 Å². The van der Waals surface area contributed by atoms with Crippen molar-refractivity contribution in [3.8, 4) is 11.5 Å². The molecule has 0 aromatic heterocycles. The predicted octanol–water partition coefficient (Wildman–Crippen LogP) is 3.31. The number of hydrogen-bond donors (Lipinski definition) is 1. The maximum absolute atomic E-state index is 13.1. The molecule has 0 aliphatic carbocycles. The van der Waals surface area contributed by atoms with E-state index in [1.807, 2.05) is 26.0 Å². The number of amides is 1. The quantitative estimate of drug-likeness (QED) is 0.845. The van der Waals surface area contributed by atoms with Crippen LogP contribution < -0.4 is 9.47 Å². The van der Waals surface area contributed by atoms with Crippen LogP contribution in [0, 0.1) is 0 Å². The van der Waals surface area contributed by atoms with E-state index in [1.54, 1.807) is 30.3 Å². The second-order valence-corrected chi connectivity index (χ2v) is 6.22. The maximum Gasteiger partial charge on any atom is 0.331 e. The second kappa shape index (κ2) is 8.12. The van der Waals surface area contributed by atoms with E-state index >= 15 is 0 Å². The molecule has 1 N–H and O–H groups in total. The van der Waals surface area contributed by atoms with Crippen LogP contribution >= 0.6 is 0 Å². The van der Waals surface area contributed by atoms with Crippen molar-refractivity contribution in [2.45, 2.75) is 26.3 Å². The molecule has 1 aliphatic rings. The van der Waals surface area contributed by atoms with E-state index < -0.39 is 12.0 Å². The number of carbonyl (C=O) groups is 2. The van der Waals surface area contributed by atoms with Crippen LogP contribution in [0.15, 0.2) is 42.5 Å². The SMILES string of the molecule is CCOc1ccc(C(=O)N2CCc3ccccc3C2C(=O)O)cc1OCC. The average molecular weight is 369 g/mol. The molecule has 27 heavy (non-hydrogen) atoms. The fraction of sp³-hybridized carbons (Fsp3) is 0.333. The largest absolute Gasteiger partial charge is 0.490 e. The highest BCUT2D eigenvalue weighted by Gasteiger charge is 2.36. The number of benzene rings is 2. The highest BCUT2D eigenvalue weighted by Crippen LogP contribution is 2.33. The Morgan fingerprint density at radius 1 is 1.07 bits per heavy atom. The number of fused-ring (bicyclic) bond motifs is 1. The Morgan fingerprint density at radius 3 is 2.48 bits per heavy atom. The van der Waals surface area contributed by atoms with Crippen molar-refractivity contribution in [3.05, 3.63) is 59.2 Å². The fourth-order valence-electron chi connectivity index (χ4n) is 3.40. The summed E-state index contributed by atoms with van der Waals surface area (Å²) in [5.41, 5.74) is 2.02. The first-order valence-electron chi connectivity index (χ1n) is 9.08. The van der Waals surface area contributed by atoms with Crippen LogP contribution in [0.4, 0.5) is 0 Å². The van der Waals surface area contributed by atoms with Gasteiger partial charge in [0.05, 0.1) is 13.2 Å². The van der Waals surface area contributed by atoms with Crippen LogP contribution in [0.5, 0.6) is 11.5 Å². The van der Waals surface area contributed by atoms with Gasteiger partial charge >= 0.3 is 5.97 Å². The van der Waals surface area contributed by atoms with E-state index in [0.717, 1.165) is 5.56 Å². The summed E-state index contributed by atoms with van der Waals surface area (Å²) in [5.74, 6) is -0.323. The summed E-state index contributed by atoms with van der Waals surface area (Å²) >= 11 is 0. The topological polar surface area (TPSA) is 76.1 Å². The fourth-order valence-corrected chi connectivity index (χ4v) is 3.40. The normalized spacial score (nSPS) is 15.8. The molecule has 6 heteroatoms. The Labute approximate surface area is 158 Å². The van der Waals surface area contributed by atoms with Crippen molar-refractivity contribution in [2.75, 3.05) is 19.8 Å². The van der Waals surface area contributed by atoms with Crippen molar-refractivity contribution < 1.29 is 24.2 Å². The molecule has 0 saturated carbocycles. The Bertz CT molecular complexity index is 848. The van der Waals surface area contributed by atoms with Crippen LogP contribution in [0.2, 0.25) is 0 Å². The van der Waals surface area contributed by atoms with Gasteiger partial charge in [0.15, 0.2) is 17.5 Å². The Hall–Kier alpha value is -3.02. The number of ether oxygens (including phenoxy) is 2. The summed E-state index contributed by atoms with van der Waals surface area (Å²) < 4.78 is 11.1. The van der Waals surface area contributed by atoms with Gasteiger partial charge in [0, 0.05) is 12.1 Å². The molecule has 6 nitrogen and oxygen atoms in total. The smallest absolute Gasteiger partial charge is 0.331 e. The van der Waals surface area contributed by atoms with Crippen molar-refractivity contribution in [1.29, 1.82) is 0 Å². The number of carboxylic acids is 1. The monoisotopic (exact) mass is 369 g/mol. The van der Waals surface area contributed by atoms with E-state index in [-0.39, 0.29) is 5.91 Å². The molecule has 0 fully saturated rings. The van der Waals surface area contributed by atoms with E-state index in [0.29, 0.717) is 48.8 Å². The summed E-state index contributed by atoms with van der Waals surface area (Å²) in [6.45, 7) is 5.00. The first-order valence-corrected chi connectivity index (χ1v) is 9.08. The average Bonchev–Trinajstić information content (AvgIpc) is 2.68. The molecule has 1 aliphatic heterocycles. The lowest BCUT2D eigenvalue weighted by molar-refractivity contribution is -0.143. The van der Waals surface area contributed by atoms with Gasteiger partial charge in [-0.05, 0) is 49.6 Å². The summed E-state index contributed by atoms with van der Waals surface area (Å²) in [6.07, 6.45) is 0.626. The second-order valence-electron chi connectivity index (χ2n) is 6.22. The first-order chi connectivity index (χ1) is 13.1. The number of aliphatic carboxylic acids is 1. The van der Waals surface area contributed by atoms with Gasteiger partial charge in [0.1, 0.15) is 0 Å². The van der Waals surface area contributed by atoms with E-state index in [4.69, 9.17) is 9.47 Å².